The third kappa shape index (κ3) is 5.56. The van der Waals surface area contributed by atoms with Gasteiger partial charge in [-0.05, 0) is 49.8 Å². The molecule has 0 bridgehead atoms. The topological polar surface area (TPSA) is 93.2 Å². The second kappa shape index (κ2) is 11.0. The largest absolute Gasteiger partial charge is 0.469 e. The average Bonchev–Trinajstić information content (AvgIpc) is 3.42. The summed E-state index contributed by atoms with van der Waals surface area (Å²) in [7, 11) is 1.36. The van der Waals surface area contributed by atoms with E-state index in [1.807, 2.05) is 48.7 Å². The van der Waals surface area contributed by atoms with Gasteiger partial charge in [0.2, 0.25) is 5.91 Å². The van der Waals surface area contributed by atoms with Crippen molar-refractivity contribution in [3.05, 3.63) is 52.2 Å². The number of amides is 2. The first-order valence-corrected chi connectivity index (χ1v) is 12.7. The summed E-state index contributed by atoms with van der Waals surface area (Å²) in [4.78, 5) is 54.8. The summed E-state index contributed by atoms with van der Waals surface area (Å²) < 4.78 is 10.3. The van der Waals surface area contributed by atoms with Crippen molar-refractivity contribution in [3.63, 3.8) is 0 Å². The summed E-state index contributed by atoms with van der Waals surface area (Å²) >= 11 is 1.49. The SMILES string of the molecule is COC(=O)C1CCN(C(=O)COC(=O)C2CCC(=O)N(c3ccc(C)cc3)C2c2cccs2)CC1. The van der Waals surface area contributed by atoms with Crippen LogP contribution in [0.2, 0.25) is 0 Å². The highest BCUT2D eigenvalue weighted by atomic mass is 32.1. The Morgan fingerprint density at radius 3 is 2.37 bits per heavy atom. The van der Waals surface area contributed by atoms with E-state index < -0.39 is 17.9 Å². The van der Waals surface area contributed by atoms with Crippen LogP contribution in [0.15, 0.2) is 41.8 Å². The average molecular weight is 499 g/mol. The summed E-state index contributed by atoms with van der Waals surface area (Å²) in [6.07, 6.45) is 1.65. The predicted molar refractivity (Wildman–Crippen MR) is 131 cm³/mol. The van der Waals surface area contributed by atoms with Gasteiger partial charge in [0.15, 0.2) is 6.61 Å². The maximum atomic E-state index is 13.2. The zero-order chi connectivity index (χ0) is 24.9. The van der Waals surface area contributed by atoms with Crippen LogP contribution >= 0.6 is 11.3 Å². The number of ether oxygens (including phenoxy) is 2. The van der Waals surface area contributed by atoms with Crippen molar-refractivity contribution in [2.24, 2.45) is 11.8 Å². The second-order valence-electron chi connectivity index (χ2n) is 8.99. The summed E-state index contributed by atoms with van der Waals surface area (Å²) in [5, 5.41) is 1.92. The smallest absolute Gasteiger partial charge is 0.311 e. The minimum Gasteiger partial charge on any atom is -0.469 e. The van der Waals surface area contributed by atoms with Crippen LogP contribution in [0.4, 0.5) is 5.69 Å². The van der Waals surface area contributed by atoms with E-state index in [1.54, 1.807) is 9.80 Å². The molecule has 2 amide bonds. The van der Waals surface area contributed by atoms with Gasteiger partial charge < -0.3 is 19.3 Å². The van der Waals surface area contributed by atoms with Gasteiger partial charge in [0.1, 0.15) is 0 Å². The number of carbonyl (C=O) groups excluding carboxylic acids is 4. The van der Waals surface area contributed by atoms with Crippen molar-refractivity contribution < 1.29 is 28.7 Å². The molecule has 1 aromatic heterocycles. The summed E-state index contributed by atoms with van der Waals surface area (Å²) in [6, 6.07) is 11.0. The van der Waals surface area contributed by atoms with E-state index in [4.69, 9.17) is 9.47 Å². The first kappa shape index (κ1) is 24.9. The first-order chi connectivity index (χ1) is 16.9. The monoisotopic (exact) mass is 498 g/mol. The maximum Gasteiger partial charge on any atom is 0.311 e. The molecule has 2 unspecified atom stereocenters. The molecule has 9 heteroatoms. The number of benzene rings is 1. The van der Waals surface area contributed by atoms with Crippen LogP contribution in [0.1, 0.15) is 42.2 Å². The fraction of sp³-hybridized carbons (Fsp3) is 0.462. The van der Waals surface area contributed by atoms with Crippen LogP contribution in [0.3, 0.4) is 0 Å². The van der Waals surface area contributed by atoms with Crippen molar-refractivity contribution in [3.8, 4) is 0 Å². The highest BCUT2D eigenvalue weighted by Gasteiger charge is 2.43. The molecular weight excluding hydrogens is 468 g/mol. The minimum absolute atomic E-state index is 0.0409. The zero-order valence-electron chi connectivity index (χ0n) is 20.0. The molecular formula is C26H30N2O6S. The molecule has 2 aromatic rings. The highest BCUT2D eigenvalue weighted by Crippen LogP contribution is 2.42. The van der Waals surface area contributed by atoms with E-state index >= 15 is 0 Å². The third-order valence-electron chi connectivity index (χ3n) is 6.77. The van der Waals surface area contributed by atoms with Crippen molar-refractivity contribution in [1.82, 2.24) is 4.90 Å². The van der Waals surface area contributed by atoms with Crippen molar-refractivity contribution >= 4 is 40.8 Å². The lowest BCUT2D eigenvalue weighted by molar-refractivity contribution is -0.158. The Labute approximate surface area is 208 Å². The third-order valence-corrected chi connectivity index (χ3v) is 7.71. The predicted octanol–water partition coefficient (Wildman–Crippen LogP) is 3.50. The normalized spacial score (nSPS) is 21.0. The molecule has 0 spiro atoms. The first-order valence-electron chi connectivity index (χ1n) is 11.8. The Bertz CT molecular complexity index is 1060. The molecule has 3 heterocycles. The molecule has 2 fully saturated rings. The number of carbonyl (C=O) groups is 4. The standard InChI is InChI=1S/C26H30N2O6S/c1-17-5-7-19(8-6-17)28-22(29)10-9-20(24(28)21-4-3-15-35-21)26(32)34-16-23(30)27-13-11-18(12-14-27)25(31)33-2/h3-8,15,18,20,24H,9-14,16H2,1-2H3. The van der Waals surface area contributed by atoms with Gasteiger partial charge in [-0.15, -0.1) is 11.3 Å². The van der Waals surface area contributed by atoms with E-state index in [1.165, 1.54) is 18.4 Å². The number of esters is 2. The van der Waals surface area contributed by atoms with Gasteiger partial charge in [0.05, 0.1) is 25.0 Å². The molecule has 2 aliphatic heterocycles. The van der Waals surface area contributed by atoms with Gasteiger partial charge in [-0.3, -0.25) is 19.2 Å². The Kier molecular flexibility index (Phi) is 7.85. The van der Waals surface area contributed by atoms with Gasteiger partial charge in [0.25, 0.3) is 5.91 Å². The Balaban J connectivity index is 1.44. The summed E-state index contributed by atoms with van der Waals surface area (Å²) in [5.74, 6) is -1.84. The van der Waals surface area contributed by atoms with Gasteiger partial charge in [-0.1, -0.05) is 23.8 Å². The molecule has 0 aliphatic carbocycles. The minimum atomic E-state index is -0.578. The van der Waals surface area contributed by atoms with Crippen LogP contribution < -0.4 is 4.90 Å². The van der Waals surface area contributed by atoms with Crippen molar-refractivity contribution in [2.45, 2.75) is 38.6 Å². The van der Waals surface area contributed by atoms with Gasteiger partial charge in [0, 0.05) is 30.1 Å². The summed E-state index contributed by atoms with van der Waals surface area (Å²) in [6.45, 7) is 2.47. The maximum absolute atomic E-state index is 13.2. The fourth-order valence-corrected chi connectivity index (χ4v) is 5.68. The van der Waals surface area contributed by atoms with Gasteiger partial charge in [-0.25, -0.2) is 0 Å². The highest BCUT2D eigenvalue weighted by molar-refractivity contribution is 7.10. The van der Waals surface area contributed by atoms with Crippen LogP contribution in [0.5, 0.6) is 0 Å². The number of anilines is 1. The van der Waals surface area contributed by atoms with Crippen molar-refractivity contribution in [1.29, 1.82) is 0 Å². The summed E-state index contributed by atoms with van der Waals surface area (Å²) in [5.41, 5.74) is 1.82. The number of hydrogen-bond acceptors (Lipinski definition) is 7. The molecule has 8 nitrogen and oxygen atoms in total. The number of rotatable bonds is 6. The molecule has 1 aromatic carbocycles. The van der Waals surface area contributed by atoms with E-state index in [2.05, 4.69) is 0 Å². The van der Waals surface area contributed by atoms with Gasteiger partial charge >= 0.3 is 11.9 Å². The number of likely N-dealkylation sites (tertiary alicyclic amines) is 1. The lowest BCUT2D eigenvalue weighted by atomic mass is 9.87. The number of methoxy groups -OCH3 is 1. The molecule has 35 heavy (non-hydrogen) atoms. The van der Waals surface area contributed by atoms with E-state index in [0.717, 1.165) is 16.1 Å². The Hall–Kier alpha value is -3.20. The number of thiophene rings is 1. The number of piperidine rings is 2. The van der Waals surface area contributed by atoms with Crippen molar-refractivity contribution in [2.75, 3.05) is 31.7 Å². The zero-order valence-corrected chi connectivity index (χ0v) is 20.8. The molecule has 2 aliphatic rings. The number of hydrogen-bond donors (Lipinski definition) is 0. The Morgan fingerprint density at radius 2 is 1.74 bits per heavy atom. The quantitative estimate of drug-likeness (QED) is 0.566. The molecule has 0 N–H and O–H groups in total. The second-order valence-corrected chi connectivity index (χ2v) is 9.97. The lowest BCUT2D eigenvalue weighted by Crippen LogP contribution is -2.46. The molecule has 186 valence electrons. The number of nitrogens with zero attached hydrogens (tertiary/aromatic N) is 2. The molecule has 0 radical (unpaired) electrons. The molecule has 2 saturated heterocycles. The Morgan fingerprint density at radius 1 is 1.03 bits per heavy atom. The molecule has 4 rings (SSSR count). The molecule has 2 atom stereocenters. The van der Waals surface area contributed by atoms with Crippen LogP contribution in [0.25, 0.3) is 0 Å². The van der Waals surface area contributed by atoms with E-state index in [0.29, 0.717) is 32.4 Å². The molecule has 0 saturated carbocycles. The van der Waals surface area contributed by atoms with Gasteiger partial charge in [-0.2, -0.15) is 0 Å². The van der Waals surface area contributed by atoms with Crippen LogP contribution in [-0.2, 0) is 28.7 Å². The van der Waals surface area contributed by atoms with E-state index in [9.17, 15) is 19.2 Å². The number of aryl methyl sites for hydroxylation is 1. The fourth-order valence-electron chi connectivity index (χ4n) is 4.80. The lowest BCUT2D eigenvalue weighted by Gasteiger charge is -2.39. The van der Waals surface area contributed by atoms with Crippen LogP contribution in [-0.4, -0.2) is 55.5 Å². The van der Waals surface area contributed by atoms with Crippen LogP contribution in [0, 0.1) is 18.8 Å². The van der Waals surface area contributed by atoms with E-state index in [-0.39, 0.29) is 36.7 Å².